The van der Waals surface area contributed by atoms with Gasteiger partial charge in [-0.3, -0.25) is 4.79 Å². The van der Waals surface area contributed by atoms with Gasteiger partial charge in [0.15, 0.2) is 18.1 Å². The van der Waals surface area contributed by atoms with E-state index in [0.717, 1.165) is 22.4 Å². The van der Waals surface area contributed by atoms with Crippen LogP contribution in [0.3, 0.4) is 0 Å². The number of para-hydroxylation sites is 1. The van der Waals surface area contributed by atoms with Crippen molar-refractivity contribution < 1.29 is 19.0 Å². The molecular formula is C21H26N2O4. The van der Waals surface area contributed by atoms with Crippen LogP contribution >= 0.6 is 0 Å². The average Bonchev–Trinajstić information content (AvgIpc) is 2.64. The van der Waals surface area contributed by atoms with Crippen LogP contribution in [0.2, 0.25) is 0 Å². The van der Waals surface area contributed by atoms with Crippen LogP contribution in [0.4, 0.5) is 0 Å². The Balaban J connectivity index is 1.92. The molecule has 2 aromatic rings. The van der Waals surface area contributed by atoms with Crippen molar-refractivity contribution in [3.05, 3.63) is 53.1 Å². The summed E-state index contributed by atoms with van der Waals surface area (Å²) in [7, 11) is 0. The molecule has 1 N–H and O–H groups in total. The van der Waals surface area contributed by atoms with Gasteiger partial charge in [-0.15, -0.1) is 0 Å². The first-order valence-corrected chi connectivity index (χ1v) is 8.95. The SMILES string of the molecule is CCOc1ccc(C=NNC(=O)COc2c(C)cccc2C)cc1OCC. The first-order valence-electron chi connectivity index (χ1n) is 8.95. The molecule has 0 atom stereocenters. The summed E-state index contributed by atoms with van der Waals surface area (Å²) in [5, 5.41) is 3.97. The van der Waals surface area contributed by atoms with Crippen molar-refractivity contribution in [1.82, 2.24) is 5.43 Å². The summed E-state index contributed by atoms with van der Waals surface area (Å²) < 4.78 is 16.7. The third-order valence-electron chi connectivity index (χ3n) is 3.73. The fraction of sp³-hybridized carbons (Fsp3) is 0.333. The summed E-state index contributed by atoms with van der Waals surface area (Å²) in [6, 6.07) is 11.3. The maximum absolute atomic E-state index is 11.9. The summed E-state index contributed by atoms with van der Waals surface area (Å²) in [5.74, 6) is 1.73. The van der Waals surface area contributed by atoms with E-state index in [9.17, 15) is 4.79 Å². The first kappa shape index (κ1) is 20.3. The molecule has 2 aromatic carbocycles. The molecule has 0 saturated carbocycles. The summed E-state index contributed by atoms with van der Waals surface area (Å²) in [4.78, 5) is 11.9. The second-order valence-electron chi connectivity index (χ2n) is 5.87. The van der Waals surface area contributed by atoms with Crippen LogP contribution in [0.5, 0.6) is 17.2 Å². The number of nitrogens with zero attached hydrogens (tertiary/aromatic N) is 1. The number of hydrogen-bond acceptors (Lipinski definition) is 5. The average molecular weight is 370 g/mol. The summed E-state index contributed by atoms with van der Waals surface area (Å²) in [6.07, 6.45) is 1.55. The lowest BCUT2D eigenvalue weighted by Crippen LogP contribution is -2.25. The Morgan fingerprint density at radius 2 is 1.67 bits per heavy atom. The fourth-order valence-electron chi connectivity index (χ4n) is 2.52. The van der Waals surface area contributed by atoms with E-state index < -0.39 is 0 Å². The van der Waals surface area contributed by atoms with Gasteiger partial charge in [0.05, 0.1) is 19.4 Å². The van der Waals surface area contributed by atoms with Gasteiger partial charge in [0.1, 0.15) is 5.75 Å². The number of ether oxygens (including phenoxy) is 3. The zero-order valence-corrected chi connectivity index (χ0v) is 16.2. The van der Waals surface area contributed by atoms with Crippen molar-refractivity contribution >= 4 is 12.1 Å². The lowest BCUT2D eigenvalue weighted by atomic mass is 10.1. The molecule has 6 heteroatoms. The number of hydrazone groups is 1. The van der Waals surface area contributed by atoms with Crippen molar-refractivity contribution in [2.45, 2.75) is 27.7 Å². The van der Waals surface area contributed by atoms with Gasteiger partial charge in [0, 0.05) is 0 Å². The molecular weight excluding hydrogens is 344 g/mol. The zero-order valence-electron chi connectivity index (χ0n) is 16.2. The molecule has 0 radical (unpaired) electrons. The van der Waals surface area contributed by atoms with Crippen molar-refractivity contribution in [3.63, 3.8) is 0 Å². The molecule has 2 rings (SSSR count). The van der Waals surface area contributed by atoms with Gasteiger partial charge in [-0.1, -0.05) is 18.2 Å². The van der Waals surface area contributed by atoms with Gasteiger partial charge in [0.2, 0.25) is 0 Å². The van der Waals surface area contributed by atoms with Gasteiger partial charge in [-0.2, -0.15) is 5.10 Å². The Labute approximate surface area is 160 Å². The smallest absolute Gasteiger partial charge is 0.277 e. The number of aryl methyl sites for hydroxylation is 2. The number of rotatable bonds is 9. The van der Waals surface area contributed by atoms with E-state index in [1.165, 1.54) is 0 Å². The van der Waals surface area contributed by atoms with E-state index in [1.54, 1.807) is 6.21 Å². The standard InChI is InChI=1S/C21H26N2O4/c1-5-25-18-11-10-17(12-19(18)26-6-2)13-22-23-20(24)14-27-21-15(3)8-7-9-16(21)4/h7-13H,5-6,14H2,1-4H3,(H,23,24). The van der Waals surface area contributed by atoms with E-state index >= 15 is 0 Å². The van der Waals surface area contributed by atoms with Gasteiger partial charge in [-0.05, 0) is 62.6 Å². The van der Waals surface area contributed by atoms with E-state index in [1.807, 2.05) is 64.1 Å². The van der Waals surface area contributed by atoms with E-state index in [0.29, 0.717) is 24.7 Å². The van der Waals surface area contributed by atoms with Gasteiger partial charge < -0.3 is 14.2 Å². The number of carbonyl (C=O) groups is 1. The quantitative estimate of drug-likeness (QED) is 0.541. The summed E-state index contributed by atoms with van der Waals surface area (Å²) >= 11 is 0. The summed E-state index contributed by atoms with van der Waals surface area (Å²) in [5.41, 5.74) is 5.23. The maximum atomic E-state index is 11.9. The van der Waals surface area contributed by atoms with Crippen molar-refractivity contribution in [1.29, 1.82) is 0 Å². The van der Waals surface area contributed by atoms with Crippen molar-refractivity contribution in [2.24, 2.45) is 5.10 Å². The Morgan fingerprint density at radius 3 is 2.33 bits per heavy atom. The molecule has 0 fully saturated rings. The minimum atomic E-state index is -0.329. The molecule has 6 nitrogen and oxygen atoms in total. The molecule has 0 unspecified atom stereocenters. The molecule has 0 heterocycles. The van der Waals surface area contributed by atoms with Crippen molar-refractivity contribution in [2.75, 3.05) is 19.8 Å². The highest BCUT2D eigenvalue weighted by Crippen LogP contribution is 2.28. The highest BCUT2D eigenvalue weighted by atomic mass is 16.5. The number of nitrogens with one attached hydrogen (secondary N) is 1. The van der Waals surface area contributed by atoms with Crippen molar-refractivity contribution in [3.8, 4) is 17.2 Å². The normalized spacial score (nSPS) is 10.7. The lowest BCUT2D eigenvalue weighted by Gasteiger charge is -2.11. The molecule has 144 valence electrons. The third kappa shape index (κ3) is 6.02. The molecule has 0 spiro atoms. The van der Waals surface area contributed by atoms with Crippen LogP contribution in [0.1, 0.15) is 30.5 Å². The third-order valence-corrected chi connectivity index (χ3v) is 3.73. The fourth-order valence-corrected chi connectivity index (χ4v) is 2.52. The highest BCUT2D eigenvalue weighted by molar-refractivity contribution is 5.83. The molecule has 0 bridgehead atoms. The molecule has 0 aliphatic carbocycles. The van der Waals surface area contributed by atoms with Crippen LogP contribution in [0, 0.1) is 13.8 Å². The maximum Gasteiger partial charge on any atom is 0.277 e. The molecule has 0 aliphatic rings. The monoisotopic (exact) mass is 370 g/mol. The van der Waals surface area contributed by atoms with Gasteiger partial charge in [0.25, 0.3) is 5.91 Å². The number of benzene rings is 2. The molecule has 0 aliphatic heterocycles. The van der Waals surface area contributed by atoms with Crippen LogP contribution < -0.4 is 19.6 Å². The van der Waals surface area contributed by atoms with Gasteiger partial charge >= 0.3 is 0 Å². The summed E-state index contributed by atoms with van der Waals surface area (Å²) in [6.45, 7) is 8.71. The molecule has 1 amide bonds. The van der Waals surface area contributed by atoms with E-state index in [2.05, 4.69) is 10.5 Å². The van der Waals surface area contributed by atoms with Crippen LogP contribution in [0.15, 0.2) is 41.5 Å². The van der Waals surface area contributed by atoms with Gasteiger partial charge in [-0.25, -0.2) is 5.43 Å². The van der Waals surface area contributed by atoms with E-state index in [-0.39, 0.29) is 12.5 Å². The van der Waals surface area contributed by atoms with Crippen LogP contribution in [-0.4, -0.2) is 31.9 Å². The first-order chi connectivity index (χ1) is 13.0. The Morgan fingerprint density at radius 1 is 1.00 bits per heavy atom. The zero-order chi connectivity index (χ0) is 19.6. The minimum Gasteiger partial charge on any atom is -0.490 e. The number of carbonyl (C=O) groups excluding carboxylic acids is 1. The predicted molar refractivity (Wildman–Crippen MR) is 106 cm³/mol. The topological polar surface area (TPSA) is 69.2 Å². The molecule has 27 heavy (non-hydrogen) atoms. The minimum absolute atomic E-state index is 0.101. The predicted octanol–water partition coefficient (Wildman–Crippen LogP) is 3.63. The second kappa shape index (κ2) is 10.2. The largest absolute Gasteiger partial charge is 0.490 e. The van der Waals surface area contributed by atoms with Crippen LogP contribution in [0.25, 0.3) is 0 Å². The molecule has 0 aromatic heterocycles. The number of amides is 1. The highest BCUT2D eigenvalue weighted by Gasteiger charge is 2.07. The number of hydrogen-bond donors (Lipinski definition) is 1. The Hall–Kier alpha value is -3.02. The molecule has 0 saturated heterocycles. The second-order valence-corrected chi connectivity index (χ2v) is 5.87. The lowest BCUT2D eigenvalue weighted by molar-refractivity contribution is -0.123. The van der Waals surface area contributed by atoms with Crippen LogP contribution in [-0.2, 0) is 4.79 Å². The Kier molecular flexibility index (Phi) is 7.67. The Bertz CT molecular complexity index is 783. The van der Waals surface area contributed by atoms with E-state index in [4.69, 9.17) is 14.2 Å².